The second kappa shape index (κ2) is 7.68. The van der Waals surface area contributed by atoms with Gasteiger partial charge in [0, 0.05) is 12.6 Å². The van der Waals surface area contributed by atoms with Gasteiger partial charge in [-0.1, -0.05) is 19.1 Å². The van der Waals surface area contributed by atoms with Crippen molar-refractivity contribution in [2.24, 2.45) is 0 Å². The van der Waals surface area contributed by atoms with Gasteiger partial charge in [0.05, 0.1) is 6.61 Å². The lowest BCUT2D eigenvalue weighted by atomic mass is 10.2. The molecule has 0 aliphatic heterocycles. The summed E-state index contributed by atoms with van der Waals surface area (Å²) in [6.45, 7) is 2.46. The van der Waals surface area contributed by atoms with Crippen molar-refractivity contribution in [3.63, 3.8) is 0 Å². The Labute approximate surface area is 106 Å². The summed E-state index contributed by atoms with van der Waals surface area (Å²) in [5.41, 5.74) is 1.06. The van der Waals surface area contributed by atoms with Crippen LogP contribution in [0.15, 0.2) is 24.3 Å². The number of aliphatic carboxylic acids is 1. The molecule has 0 radical (unpaired) electrons. The lowest BCUT2D eigenvalue weighted by molar-refractivity contribution is -0.139. The highest BCUT2D eigenvalue weighted by molar-refractivity contribution is 5.68. The number of ether oxygens (including phenoxy) is 1. The monoisotopic (exact) mass is 253 g/mol. The van der Waals surface area contributed by atoms with Crippen molar-refractivity contribution in [3.8, 4) is 5.75 Å². The van der Waals surface area contributed by atoms with Crippen LogP contribution in [0.2, 0.25) is 0 Å². The zero-order chi connectivity index (χ0) is 13.4. The van der Waals surface area contributed by atoms with E-state index in [4.69, 9.17) is 14.9 Å². The molecule has 0 bridgehead atoms. The number of hydrogen-bond acceptors (Lipinski definition) is 4. The van der Waals surface area contributed by atoms with E-state index in [-0.39, 0.29) is 19.3 Å². The Morgan fingerprint density at radius 3 is 2.56 bits per heavy atom. The summed E-state index contributed by atoms with van der Waals surface area (Å²) in [5, 5.41) is 20.7. The first-order valence-electron chi connectivity index (χ1n) is 5.93. The van der Waals surface area contributed by atoms with Crippen LogP contribution < -0.4 is 10.1 Å². The van der Waals surface area contributed by atoms with Crippen LogP contribution in [0.25, 0.3) is 0 Å². The van der Waals surface area contributed by atoms with Crippen molar-refractivity contribution < 1.29 is 19.7 Å². The minimum absolute atomic E-state index is 0.105. The Balaban J connectivity index is 2.42. The highest BCUT2D eigenvalue weighted by Gasteiger charge is 2.04. The topological polar surface area (TPSA) is 78.8 Å². The molecular formula is C13H19NO4. The molecule has 18 heavy (non-hydrogen) atoms. The maximum Gasteiger partial charge on any atom is 0.341 e. The average Bonchev–Trinajstić information content (AvgIpc) is 2.39. The lowest BCUT2D eigenvalue weighted by Crippen LogP contribution is -2.31. The molecule has 0 aromatic heterocycles. The fourth-order valence-electron chi connectivity index (χ4n) is 1.45. The predicted molar refractivity (Wildman–Crippen MR) is 67.6 cm³/mol. The molecule has 0 fully saturated rings. The highest BCUT2D eigenvalue weighted by Crippen LogP contribution is 2.12. The predicted octanol–water partition coefficient (Wildman–Crippen LogP) is 1.01. The molecule has 1 rings (SSSR count). The van der Waals surface area contributed by atoms with Gasteiger partial charge in [-0.15, -0.1) is 0 Å². The zero-order valence-corrected chi connectivity index (χ0v) is 10.4. The SMILES string of the molecule is CCC(CO)NCc1ccc(OCC(=O)O)cc1. The minimum Gasteiger partial charge on any atom is -0.482 e. The first kappa shape index (κ1) is 14.5. The van der Waals surface area contributed by atoms with Gasteiger partial charge in [-0.3, -0.25) is 0 Å². The largest absolute Gasteiger partial charge is 0.482 e. The summed E-state index contributed by atoms with van der Waals surface area (Å²) in [4.78, 5) is 10.3. The van der Waals surface area contributed by atoms with Crippen molar-refractivity contribution in [1.82, 2.24) is 5.32 Å². The molecule has 1 aromatic rings. The van der Waals surface area contributed by atoms with E-state index in [2.05, 4.69) is 5.32 Å². The molecule has 5 heteroatoms. The number of hydrogen-bond donors (Lipinski definition) is 3. The molecule has 5 nitrogen and oxygen atoms in total. The van der Waals surface area contributed by atoms with Crippen molar-refractivity contribution >= 4 is 5.97 Å². The third-order valence-electron chi connectivity index (χ3n) is 2.59. The number of benzene rings is 1. The van der Waals surface area contributed by atoms with Gasteiger partial charge in [-0.05, 0) is 24.1 Å². The number of rotatable bonds is 8. The normalized spacial score (nSPS) is 12.1. The number of carboxylic acids is 1. The van der Waals surface area contributed by atoms with E-state index < -0.39 is 5.97 Å². The summed E-state index contributed by atoms with van der Waals surface area (Å²) in [5.74, 6) is -0.454. The lowest BCUT2D eigenvalue weighted by Gasteiger charge is -2.14. The number of aliphatic hydroxyl groups excluding tert-OH is 1. The Morgan fingerprint density at radius 1 is 1.39 bits per heavy atom. The van der Waals surface area contributed by atoms with Gasteiger partial charge in [0.1, 0.15) is 5.75 Å². The average molecular weight is 253 g/mol. The minimum atomic E-state index is -0.991. The smallest absolute Gasteiger partial charge is 0.341 e. The van der Waals surface area contributed by atoms with Crippen LogP contribution in [-0.4, -0.2) is 35.4 Å². The summed E-state index contributed by atoms with van der Waals surface area (Å²) in [6, 6.07) is 7.32. The van der Waals surface area contributed by atoms with Gasteiger partial charge in [-0.2, -0.15) is 0 Å². The summed E-state index contributed by atoms with van der Waals surface area (Å²) in [7, 11) is 0. The van der Waals surface area contributed by atoms with Crippen LogP contribution in [0.1, 0.15) is 18.9 Å². The zero-order valence-electron chi connectivity index (χ0n) is 10.4. The number of carbonyl (C=O) groups is 1. The van der Waals surface area contributed by atoms with Gasteiger partial charge < -0.3 is 20.3 Å². The first-order valence-corrected chi connectivity index (χ1v) is 5.93. The molecule has 0 aliphatic carbocycles. The summed E-state index contributed by atoms with van der Waals surface area (Å²) < 4.78 is 5.03. The molecule has 0 saturated carbocycles. The summed E-state index contributed by atoms with van der Waals surface area (Å²) in [6.07, 6.45) is 0.871. The maximum atomic E-state index is 10.3. The Hall–Kier alpha value is -1.59. The van der Waals surface area contributed by atoms with E-state index in [0.29, 0.717) is 12.3 Å². The van der Waals surface area contributed by atoms with Crippen molar-refractivity contribution in [2.45, 2.75) is 25.9 Å². The third kappa shape index (κ3) is 5.16. The molecule has 0 heterocycles. The van der Waals surface area contributed by atoms with Crippen LogP contribution in [-0.2, 0) is 11.3 Å². The Kier molecular flexibility index (Phi) is 6.18. The van der Waals surface area contributed by atoms with E-state index in [1.54, 1.807) is 12.1 Å². The van der Waals surface area contributed by atoms with Crippen LogP contribution in [0, 0.1) is 0 Å². The van der Waals surface area contributed by atoms with Gasteiger partial charge in [0.15, 0.2) is 6.61 Å². The highest BCUT2D eigenvalue weighted by atomic mass is 16.5. The standard InChI is InChI=1S/C13H19NO4/c1-2-11(8-15)14-7-10-3-5-12(6-4-10)18-9-13(16)17/h3-6,11,14-15H,2,7-9H2,1H3,(H,16,17). The molecule has 1 unspecified atom stereocenters. The van der Waals surface area contributed by atoms with Gasteiger partial charge in [-0.25, -0.2) is 4.79 Å². The summed E-state index contributed by atoms with van der Waals surface area (Å²) >= 11 is 0. The molecule has 1 aromatic carbocycles. The van der Waals surface area contributed by atoms with Crippen LogP contribution in [0.3, 0.4) is 0 Å². The van der Waals surface area contributed by atoms with E-state index >= 15 is 0 Å². The molecule has 0 spiro atoms. The molecule has 0 saturated heterocycles. The fraction of sp³-hybridized carbons (Fsp3) is 0.462. The quantitative estimate of drug-likeness (QED) is 0.644. The second-order valence-electron chi connectivity index (χ2n) is 4.00. The maximum absolute atomic E-state index is 10.3. The molecule has 0 amide bonds. The van der Waals surface area contributed by atoms with Crippen LogP contribution in [0.4, 0.5) is 0 Å². The van der Waals surface area contributed by atoms with Crippen molar-refractivity contribution in [3.05, 3.63) is 29.8 Å². The molecule has 3 N–H and O–H groups in total. The Morgan fingerprint density at radius 2 is 2.06 bits per heavy atom. The van der Waals surface area contributed by atoms with Crippen LogP contribution >= 0.6 is 0 Å². The van der Waals surface area contributed by atoms with E-state index in [0.717, 1.165) is 12.0 Å². The van der Waals surface area contributed by atoms with E-state index in [1.807, 2.05) is 19.1 Å². The number of aliphatic hydroxyl groups is 1. The Bertz CT molecular complexity index is 360. The van der Waals surface area contributed by atoms with Crippen LogP contribution in [0.5, 0.6) is 5.75 Å². The molecule has 100 valence electrons. The molecular weight excluding hydrogens is 234 g/mol. The second-order valence-corrected chi connectivity index (χ2v) is 4.00. The first-order chi connectivity index (χ1) is 8.65. The molecule has 0 aliphatic rings. The van der Waals surface area contributed by atoms with Crippen molar-refractivity contribution in [2.75, 3.05) is 13.2 Å². The van der Waals surface area contributed by atoms with Gasteiger partial charge in [0.25, 0.3) is 0 Å². The van der Waals surface area contributed by atoms with E-state index in [1.165, 1.54) is 0 Å². The van der Waals surface area contributed by atoms with E-state index in [9.17, 15) is 4.79 Å². The number of carboxylic acid groups (broad SMARTS) is 1. The third-order valence-corrected chi connectivity index (χ3v) is 2.59. The molecule has 1 atom stereocenters. The van der Waals surface area contributed by atoms with Crippen molar-refractivity contribution in [1.29, 1.82) is 0 Å². The van der Waals surface area contributed by atoms with Gasteiger partial charge in [0.2, 0.25) is 0 Å². The number of nitrogens with one attached hydrogen (secondary N) is 1. The van der Waals surface area contributed by atoms with Gasteiger partial charge >= 0.3 is 5.97 Å². The fourth-order valence-corrected chi connectivity index (χ4v) is 1.45.